The lowest BCUT2D eigenvalue weighted by Gasteiger charge is -2.27. The Hall–Kier alpha value is -1.73. The predicted octanol–water partition coefficient (Wildman–Crippen LogP) is 2.37. The molecule has 1 aromatic carbocycles. The van der Waals surface area contributed by atoms with Gasteiger partial charge >= 0.3 is 0 Å². The van der Waals surface area contributed by atoms with Crippen molar-refractivity contribution in [2.45, 2.75) is 25.3 Å². The van der Waals surface area contributed by atoms with Crippen molar-refractivity contribution in [2.24, 2.45) is 0 Å². The highest BCUT2D eigenvalue weighted by Gasteiger charge is 2.24. The van der Waals surface area contributed by atoms with E-state index in [2.05, 4.69) is 5.32 Å². The lowest BCUT2D eigenvalue weighted by atomic mass is 10.1. The summed E-state index contributed by atoms with van der Waals surface area (Å²) in [5.74, 6) is -1.16. The minimum atomic E-state index is -0.775. The van der Waals surface area contributed by atoms with Crippen molar-refractivity contribution < 1.29 is 14.1 Å². The van der Waals surface area contributed by atoms with Crippen LogP contribution in [0.2, 0.25) is 0 Å². The number of nitrogens with zero attached hydrogens (tertiary/aromatic N) is 2. The molecule has 1 aliphatic rings. The summed E-state index contributed by atoms with van der Waals surface area (Å²) in [7, 11) is 1.66. The highest BCUT2D eigenvalue weighted by molar-refractivity contribution is 5.94. The van der Waals surface area contributed by atoms with Crippen LogP contribution in [0.1, 0.15) is 29.6 Å². The summed E-state index contributed by atoms with van der Waals surface area (Å²) in [5.41, 5.74) is -0.393. The van der Waals surface area contributed by atoms with E-state index < -0.39 is 16.4 Å². The van der Waals surface area contributed by atoms with Crippen LogP contribution < -0.4 is 5.32 Å². The number of amides is 1. The molecule has 1 amide bonds. The van der Waals surface area contributed by atoms with Crippen LogP contribution in [0.3, 0.4) is 0 Å². The number of halogens is 2. The van der Waals surface area contributed by atoms with Gasteiger partial charge in [0, 0.05) is 24.7 Å². The molecule has 0 aliphatic carbocycles. The number of non-ortho nitro benzene ring substituents is 1. The fourth-order valence-corrected chi connectivity index (χ4v) is 2.56. The van der Waals surface area contributed by atoms with Gasteiger partial charge in [-0.2, -0.15) is 0 Å². The third-order valence-electron chi connectivity index (χ3n) is 3.75. The van der Waals surface area contributed by atoms with Crippen LogP contribution in [0.15, 0.2) is 18.2 Å². The topological polar surface area (TPSA) is 75.5 Å². The smallest absolute Gasteiger partial charge is 0.273 e. The maximum absolute atomic E-state index is 13.4. The molecule has 0 bridgehead atoms. The Balaban J connectivity index is 0.00000242. The van der Waals surface area contributed by atoms with Crippen molar-refractivity contribution in [3.8, 4) is 0 Å². The number of nitro benzene ring substituents is 1. The monoisotopic (exact) mass is 331 g/mol. The minimum Gasteiger partial charge on any atom is -0.339 e. The first-order valence-electron chi connectivity index (χ1n) is 6.92. The first-order valence-corrected chi connectivity index (χ1v) is 6.92. The molecule has 0 saturated carbocycles. The van der Waals surface area contributed by atoms with Gasteiger partial charge in [-0.15, -0.1) is 12.4 Å². The van der Waals surface area contributed by atoms with Crippen molar-refractivity contribution in [3.63, 3.8) is 0 Å². The van der Waals surface area contributed by atoms with Gasteiger partial charge in [-0.3, -0.25) is 14.9 Å². The summed E-state index contributed by atoms with van der Waals surface area (Å²) in [6.45, 7) is 1.75. The summed E-state index contributed by atoms with van der Waals surface area (Å²) in [6, 6.07) is 3.04. The van der Waals surface area contributed by atoms with E-state index in [1.807, 2.05) is 0 Å². The van der Waals surface area contributed by atoms with E-state index in [1.54, 1.807) is 11.9 Å². The van der Waals surface area contributed by atoms with Gasteiger partial charge in [0.05, 0.1) is 11.0 Å². The molecule has 22 heavy (non-hydrogen) atoms. The zero-order chi connectivity index (χ0) is 15.4. The maximum Gasteiger partial charge on any atom is 0.273 e. The Bertz CT molecular complexity index is 548. The molecule has 1 unspecified atom stereocenters. The van der Waals surface area contributed by atoms with E-state index in [-0.39, 0.29) is 29.9 Å². The third-order valence-corrected chi connectivity index (χ3v) is 3.75. The number of rotatable bonds is 3. The summed E-state index contributed by atoms with van der Waals surface area (Å²) < 4.78 is 13.4. The average molecular weight is 332 g/mol. The highest BCUT2D eigenvalue weighted by Crippen LogP contribution is 2.20. The Morgan fingerprint density at radius 1 is 1.36 bits per heavy atom. The second kappa shape index (κ2) is 8.05. The normalized spacial score (nSPS) is 18.0. The molecule has 0 radical (unpaired) electrons. The molecular formula is C14H19ClFN3O3. The van der Waals surface area contributed by atoms with Gasteiger partial charge < -0.3 is 10.2 Å². The molecule has 8 heteroatoms. The van der Waals surface area contributed by atoms with Crippen molar-refractivity contribution in [3.05, 3.63) is 39.7 Å². The van der Waals surface area contributed by atoms with Crippen LogP contribution in [-0.4, -0.2) is 41.9 Å². The van der Waals surface area contributed by atoms with Gasteiger partial charge in [-0.1, -0.05) is 0 Å². The first kappa shape index (κ1) is 18.3. The molecule has 1 fully saturated rings. The van der Waals surface area contributed by atoms with E-state index in [1.165, 1.54) is 0 Å². The number of nitrogens with one attached hydrogen (secondary N) is 1. The quantitative estimate of drug-likeness (QED) is 0.681. The van der Waals surface area contributed by atoms with Gasteiger partial charge in [0.15, 0.2) is 0 Å². The molecule has 1 aromatic rings. The van der Waals surface area contributed by atoms with E-state index in [0.717, 1.165) is 50.6 Å². The van der Waals surface area contributed by atoms with E-state index in [0.29, 0.717) is 0 Å². The number of hydrogen-bond acceptors (Lipinski definition) is 4. The number of nitro groups is 1. The van der Waals surface area contributed by atoms with Crippen LogP contribution in [0.5, 0.6) is 0 Å². The molecule has 1 aliphatic heterocycles. The summed E-state index contributed by atoms with van der Waals surface area (Å²) in [4.78, 5) is 24.0. The fourth-order valence-electron chi connectivity index (χ4n) is 2.56. The second-order valence-corrected chi connectivity index (χ2v) is 5.21. The zero-order valence-corrected chi connectivity index (χ0v) is 13.1. The van der Waals surface area contributed by atoms with Gasteiger partial charge in [-0.25, -0.2) is 4.39 Å². The maximum atomic E-state index is 13.4. The first-order chi connectivity index (χ1) is 9.99. The molecule has 1 N–H and O–H groups in total. The van der Waals surface area contributed by atoms with E-state index in [9.17, 15) is 19.3 Å². The van der Waals surface area contributed by atoms with Gasteiger partial charge in [0.1, 0.15) is 5.82 Å². The molecular weight excluding hydrogens is 313 g/mol. The molecule has 0 spiro atoms. The van der Waals surface area contributed by atoms with E-state index >= 15 is 0 Å². The van der Waals surface area contributed by atoms with E-state index in [4.69, 9.17) is 0 Å². The van der Waals surface area contributed by atoms with Gasteiger partial charge in [0.25, 0.3) is 11.6 Å². The molecule has 1 heterocycles. The molecule has 6 nitrogen and oxygen atoms in total. The van der Waals surface area contributed by atoms with Gasteiger partial charge in [-0.05, 0) is 38.4 Å². The van der Waals surface area contributed by atoms with Crippen LogP contribution in [0.4, 0.5) is 10.1 Å². The van der Waals surface area contributed by atoms with Crippen LogP contribution in [0.25, 0.3) is 0 Å². The fraction of sp³-hybridized carbons (Fsp3) is 0.500. The second-order valence-electron chi connectivity index (χ2n) is 5.21. The Morgan fingerprint density at radius 3 is 2.77 bits per heavy atom. The van der Waals surface area contributed by atoms with Crippen molar-refractivity contribution >= 4 is 24.0 Å². The number of hydrogen-bond donors (Lipinski definition) is 1. The third kappa shape index (κ3) is 4.38. The summed E-state index contributed by atoms with van der Waals surface area (Å²) >= 11 is 0. The molecule has 1 saturated heterocycles. The van der Waals surface area contributed by atoms with Crippen LogP contribution in [-0.2, 0) is 0 Å². The Labute approximate surface area is 134 Å². The average Bonchev–Trinajstić information content (AvgIpc) is 2.74. The summed E-state index contributed by atoms with van der Waals surface area (Å²) in [5, 5.41) is 14.0. The Kier molecular flexibility index (Phi) is 6.70. The summed E-state index contributed by atoms with van der Waals surface area (Å²) in [6.07, 6.45) is 2.65. The largest absolute Gasteiger partial charge is 0.339 e. The van der Waals surface area contributed by atoms with Gasteiger partial charge in [0.2, 0.25) is 0 Å². The number of benzene rings is 1. The minimum absolute atomic E-state index is 0. The Morgan fingerprint density at radius 2 is 2.09 bits per heavy atom. The van der Waals surface area contributed by atoms with Crippen molar-refractivity contribution in [2.75, 3.05) is 20.1 Å². The van der Waals surface area contributed by atoms with Crippen LogP contribution >= 0.6 is 12.4 Å². The lowest BCUT2D eigenvalue weighted by molar-refractivity contribution is -0.385. The molecule has 0 aromatic heterocycles. The number of carbonyl (C=O) groups is 1. The van der Waals surface area contributed by atoms with Crippen molar-refractivity contribution in [1.82, 2.24) is 10.2 Å². The molecule has 122 valence electrons. The molecule has 1 atom stereocenters. The predicted molar refractivity (Wildman–Crippen MR) is 82.9 cm³/mol. The van der Waals surface area contributed by atoms with Crippen molar-refractivity contribution in [1.29, 1.82) is 0 Å². The zero-order valence-electron chi connectivity index (χ0n) is 12.3. The standard InChI is InChI=1S/C14H18FN3O3.ClH/c1-17(12-3-2-5-16-6-4-12)14(19)10-7-11(15)9-13(8-10)18(20)21;/h7-9,12,16H,2-6H2,1H3;1H. The lowest BCUT2D eigenvalue weighted by Crippen LogP contribution is -2.37. The van der Waals surface area contributed by atoms with Crippen LogP contribution in [0, 0.1) is 15.9 Å². The SMILES string of the molecule is CN(C(=O)c1cc(F)cc([N+](=O)[O-])c1)C1CCCNCC1.Cl. The number of carbonyl (C=O) groups excluding carboxylic acids is 1. The molecule has 2 rings (SSSR count). The highest BCUT2D eigenvalue weighted by atomic mass is 35.5.